The molecular formula is C20H22F6N4O5S. The minimum Gasteiger partial charge on any atom is -0.477 e. The number of halogens is 6. The Kier molecular flexibility index (Phi) is 9.45. The van der Waals surface area contributed by atoms with Crippen LogP contribution in [0, 0.1) is 18.3 Å². The zero-order valence-corrected chi connectivity index (χ0v) is 19.5. The van der Waals surface area contributed by atoms with Gasteiger partial charge in [-0.15, -0.1) is 10.2 Å². The third-order valence-electron chi connectivity index (χ3n) is 5.46. The van der Waals surface area contributed by atoms with E-state index in [4.69, 9.17) is 24.5 Å². The van der Waals surface area contributed by atoms with Gasteiger partial charge in [-0.25, -0.2) is 14.6 Å². The van der Waals surface area contributed by atoms with Gasteiger partial charge in [0, 0.05) is 30.8 Å². The number of fused-ring (bicyclic) bond motifs is 1. The van der Waals surface area contributed by atoms with Crippen molar-refractivity contribution in [3.8, 4) is 5.88 Å². The van der Waals surface area contributed by atoms with Gasteiger partial charge in [0.15, 0.2) is 0 Å². The second-order valence-electron chi connectivity index (χ2n) is 8.00. The van der Waals surface area contributed by atoms with Crippen molar-refractivity contribution >= 4 is 28.4 Å². The fourth-order valence-corrected chi connectivity index (χ4v) is 4.56. The number of carbonyl (C=O) groups is 2. The van der Waals surface area contributed by atoms with Crippen LogP contribution in [0.2, 0.25) is 0 Å². The zero-order valence-electron chi connectivity index (χ0n) is 18.7. The Morgan fingerprint density at radius 3 is 2.22 bits per heavy atom. The number of nitrogens with zero attached hydrogens (tertiary/aromatic N) is 4. The number of aromatic nitrogens is 3. The maximum absolute atomic E-state index is 10.6. The van der Waals surface area contributed by atoms with Gasteiger partial charge in [0.25, 0.3) is 0 Å². The number of rotatable bonds is 4. The molecule has 1 saturated heterocycles. The van der Waals surface area contributed by atoms with Gasteiger partial charge in [0.1, 0.15) is 5.01 Å². The van der Waals surface area contributed by atoms with E-state index >= 15 is 0 Å². The van der Waals surface area contributed by atoms with E-state index in [1.54, 1.807) is 17.5 Å². The number of aliphatic carboxylic acids is 2. The van der Waals surface area contributed by atoms with Gasteiger partial charge < -0.3 is 19.8 Å². The summed E-state index contributed by atoms with van der Waals surface area (Å²) in [5.74, 6) is -4.09. The molecule has 9 nitrogen and oxygen atoms in total. The molecule has 1 saturated carbocycles. The highest BCUT2D eigenvalue weighted by atomic mass is 32.1. The van der Waals surface area contributed by atoms with Crippen molar-refractivity contribution in [2.45, 2.75) is 38.5 Å². The molecule has 3 heterocycles. The van der Waals surface area contributed by atoms with Crippen LogP contribution >= 0.6 is 11.3 Å². The molecular weight excluding hydrogens is 522 g/mol. The number of carboxylic acid groups (broad SMARTS) is 2. The molecule has 0 spiro atoms. The fourth-order valence-electron chi connectivity index (χ4n) is 3.86. The van der Waals surface area contributed by atoms with Crippen LogP contribution in [0.25, 0.3) is 0 Å². The van der Waals surface area contributed by atoms with E-state index in [1.807, 2.05) is 25.1 Å². The summed E-state index contributed by atoms with van der Waals surface area (Å²) < 4.78 is 69.5. The summed E-state index contributed by atoms with van der Waals surface area (Å²) in [6, 6.07) is 5.82. The molecule has 0 unspecified atom stereocenters. The molecule has 0 amide bonds. The lowest BCUT2D eigenvalue weighted by molar-refractivity contribution is -0.193. The van der Waals surface area contributed by atoms with Crippen molar-refractivity contribution in [3.05, 3.63) is 29.4 Å². The lowest BCUT2D eigenvalue weighted by Crippen LogP contribution is -2.33. The molecule has 2 N–H and O–H groups in total. The van der Waals surface area contributed by atoms with Crippen molar-refractivity contribution < 1.29 is 50.9 Å². The van der Waals surface area contributed by atoms with Crippen molar-refractivity contribution in [2.24, 2.45) is 11.3 Å². The smallest absolute Gasteiger partial charge is 0.477 e. The van der Waals surface area contributed by atoms with Gasteiger partial charge in [0.2, 0.25) is 11.0 Å². The summed E-state index contributed by atoms with van der Waals surface area (Å²) in [5.41, 5.74) is 0.247. The van der Waals surface area contributed by atoms with Gasteiger partial charge in [-0.3, -0.25) is 0 Å². The predicted octanol–water partition coefficient (Wildman–Crippen LogP) is 4.19. The second kappa shape index (κ2) is 11.7. The predicted molar refractivity (Wildman–Crippen MR) is 114 cm³/mol. The molecule has 2 aromatic heterocycles. The number of anilines is 1. The van der Waals surface area contributed by atoms with E-state index < -0.39 is 24.3 Å². The largest absolute Gasteiger partial charge is 0.490 e. The van der Waals surface area contributed by atoms with E-state index in [2.05, 4.69) is 20.1 Å². The van der Waals surface area contributed by atoms with E-state index in [0.717, 1.165) is 35.7 Å². The molecule has 36 heavy (non-hydrogen) atoms. The summed E-state index contributed by atoms with van der Waals surface area (Å²) >= 11 is 1.69. The first-order chi connectivity index (χ1) is 16.6. The van der Waals surface area contributed by atoms with Crippen LogP contribution in [0.5, 0.6) is 5.88 Å². The second-order valence-corrected chi connectivity index (χ2v) is 9.16. The van der Waals surface area contributed by atoms with Crippen LogP contribution in [-0.2, 0) is 9.59 Å². The van der Waals surface area contributed by atoms with Crippen LogP contribution in [-0.4, -0.2) is 69.4 Å². The van der Waals surface area contributed by atoms with Crippen LogP contribution in [0.3, 0.4) is 0 Å². The molecule has 2 aromatic rings. The minimum absolute atomic E-state index is 0.247. The molecule has 16 heteroatoms. The Balaban J connectivity index is 0.000000271. The number of hydrogen-bond donors (Lipinski definition) is 2. The van der Waals surface area contributed by atoms with Gasteiger partial charge in [-0.1, -0.05) is 23.8 Å². The highest BCUT2D eigenvalue weighted by Gasteiger charge is 2.50. The summed E-state index contributed by atoms with van der Waals surface area (Å²) in [6.45, 7) is 4.88. The summed E-state index contributed by atoms with van der Waals surface area (Å²) in [6.07, 6.45) is -4.55. The number of pyridine rings is 1. The normalized spacial score (nSPS) is 21.0. The maximum Gasteiger partial charge on any atom is 0.490 e. The summed E-state index contributed by atoms with van der Waals surface area (Å²) in [7, 11) is 0. The lowest BCUT2D eigenvalue weighted by Gasteiger charge is -2.28. The molecule has 1 aliphatic carbocycles. The monoisotopic (exact) mass is 544 g/mol. The Morgan fingerprint density at radius 1 is 1.14 bits per heavy atom. The highest BCUT2D eigenvalue weighted by molar-refractivity contribution is 7.15. The van der Waals surface area contributed by atoms with Gasteiger partial charge in [-0.05, 0) is 31.7 Å². The van der Waals surface area contributed by atoms with Crippen LogP contribution in [0.15, 0.2) is 24.4 Å². The zero-order chi connectivity index (χ0) is 27.1. The SMILES string of the molecule is Cc1nnc(N2C[C@H]3CCC[C@@]3(COc3ccccn3)C2)s1.O=C(O)C(F)(F)F.O=C(O)C(F)(F)F. The summed E-state index contributed by atoms with van der Waals surface area (Å²) in [4.78, 5) is 24.5. The topological polar surface area (TPSA) is 126 Å². The number of ether oxygens (including phenoxy) is 1. The molecule has 0 bridgehead atoms. The fraction of sp³-hybridized carbons (Fsp3) is 0.550. The van der Waals surface area contributed by atoms with E-state index in [0.29, 0.717) is 5.92 Å². The molecule has 2 fully saturated rings. The van der Waals surface area contributed by atoms with Gasteiger partial charge in [0.05, 0.1) is 6.61 Å². The number of carboxylic acids is 2. The van der Waals surface area contributed by atoms with Crippen LogP contribution < -0.4 is 9.64 Å². The number of hydrogen-bond acceptors (Lipinski definition) is 8. The number of aryl methyl sites for hydroxylation is 1. The van der Waals surface area contributed by atoms with E-state index in [1.165, 1.54) is 19.3 Å². The molecule has 2 atom stereocenters. The third kappa shape index (κ3) is 8.20. The lowest BCUT2D eigenvalue weighted by atomic mass is 9.82. The van der Waals surface area contributed by atoms with Crippen molar-refractivity contribution in [1.29, 1.82) is 0 Å². The molecule has 200 valence electrons. The third-order valence-corrected chi connectivity index (χ3v) is 6.36. The highest BCUT2D eigenvalue weighted by Crippen LogP contribution is 2.50. The summed E-state index contributed by atoms with van der Waals surface area (Å²) in [5, 5.41) is 24.8. The Bertz CT molecular complexity index is 996. The van der Waals surface area contributed by atoms with Crippen molar-refractivity contribution in [2.75, 3.05) is 24.6 Å². The van der Waals surface area contributed by atoms with E-state index in [-0.39, 0.29) is 5.41 Å². The molecule has 0 radical (unpaired) electrons. The van der Waals surface area contributed by atoms with Crippen molar-refractivity contribution in [3.63, 3.8) is 0 Å². The van der Waals surface area contributed by atoms with Crippen molar-refractivity contribution in [1.82, 2.24) is 15.2 Å². The standard InChI is InChI=1S/C16H20N4OS.2C2HF3O2/c1-12-18-19-15(22-12)20-9-13-5-4-7-16(13,10-20)11-21-14-6-2-3-8-17-14;2*3-2(4,5)1(6)7/h2-3,6,8,13H,4-5,7,9-11H2,1H3;2*(H,6,7)/t13-,16+;;/m1../s1. The van der Waals surface area contributed by atoms with Gasteiger partial charge >= 0.3 is 24.3 Å². The van der Waals surface area contributed by atoms with E-state index in [9.17, 15) is 26.3 Å². The van der Waals surface area contributed by atoms with Crippen LogP contribution in [0.1, 0.15) is 24.3 Å². The molecule has 0 aromatic carbocycles. The Labute approximate surface area is 204 Å². The van der Waals surface area contributed by atoms with Crippen LogP contribution in [0.4, 0.5) is 31.5 Å². The Morgan fingerprint density at radius 2 is 1.75 bits per heavy atom. The quantitative estimate of drug-likeness (QED) is 0.545. The number of alkyl halides is 6. The first-order valence-corrected chi connectivity index (χ1v) is 11.1. The molecule has 2 aliphatic rings. The first-order valence-electron chi connectivity index (χ1n) is 10.3. The maximum atomic E-state index is 10.6. The first kappa shape index (κ1) is 29.1. The van der Waals surface area contributed by atoms with Gasteiger partial charge in [-0.2, -0.15) is 26.3 Å². The molecule has 4 rings (SSSR count). The Hall–Kier alpha value is -3.17. The average molecular weight is 544 g/mol. The average Bonchev–Trinajstić information content (AvgIpc) is 3.46. The molecule has 1 aliphatic heterocycles. The minimum atomic E-state index is -5.08.